The van der Waals surface area contributed by atoms with Crippen LogP contribution in [0.2, 0.25) is 0 Å². The van der Waals surface area contributed by atoms with Crippen molar-refractivity contribution in [2.24, 2.45) is 5.41 Å². The molecular weight excluding hydrogens is 238 g/mol. The van der Waals surface area contributed by atoms with Crippen LogP contribution in [0.25, 0.3) is 0 Å². The number of sulfonamides is 1. The van der Waals surface area contributed by atoms with Crippen molar-refractivity contribution in [3.05, 3.63) is 0 Å². The van der Waals surface area contributed by atoms with Crippen LogP contribution >= 0.6 is 0 Å². The highest BCUT2D eigenvalue weighted by Gasteiger charge is 2.54. The van der Waals surface area contributed by atoms with Crippen molar-refractivity contribution in [3.8, 4) is 0 Å². The van der Waals surface area contributed by atoms with Crippen molar-refractivity contribution in [3.63, 3.8) is 0 Å². The second-order valence-electron chi connectivity index (χ2n) is 5.78. The molecule has 17 heavy (non-hydrogen) atoms. The summed E-state index contributed by atoms with van der Waals surface area (Å²) < 4.78 is 31.6. The summed E-state index contributed by atoms with van der Waals surface area (Å²) in [4.78, 5) is 0. The van der Waals surface area contributed by atoms with E-state index in [0.29, 0.717) is 6.61 Å². The highest BCUT2D eigenvalue weighted by Crippen LogP contribution is 2.47. The lowest BCUT2D eigenvalue weighted by Gasteiger charge is -2.54. The van der Waals surface area contributed by atoms with Gasteiger partial charge in [-0.2, -0.15) is 0 Å². The second kappa shape index (κ2) is 4.21. The van der Waals surface area contributed by atoms with Crippen LogP contribution in [0.3, 0.4) is 0 Å². The molecule has 4 nitrogen and oxygen atoms in total. The molecule has 0 bridgehead atoms. The topological polar surface area (TPSA) is 46.6 Å². The van der Waals surface area contributed by atoms with E-state index >= 15 is 0 Å². The van der Waals surface area contributed by atoms with Crippen LogP contribution in [0.5, 0.6) is 0 Å². The average molecular weight is 261 g/mol. The third kappa shape index (κ3) is 2.13. The minimum atomic E-state index is -3.06. The molecule has 2 fully saturated rings. The molecule has 0 N–H and O–H groups in total. The molecule has 5 heteroatoms. The molecule has 0 aromatic carbocycles. The summed E-state index contributed by atoms with van der Waals surface area (Å²) in [7, 11) is -1.33. The Hall–Kier alpha value is -0.130. The molecule has 100 valence electrons. The van der Waals surface area contributed by atoms with Crippen LogP contribution in [-0.4, -0.2) is 43.8 Å². The fraction of sp³-hybridized carbons (Fsp3) is 1.00. The maximum Gasteiger partial charge on any atom is 0.217 e. The average Bonchev–Trinajstić information content (AvgIpc) is 3.06. The van der Waals surface area contributed by atoms with Gasteiger partial charge >= 0.3 is 0 Å². The van der Waals surface area contributed by atoms with Gasteiger partial charge in [-0.25, -0.2) is 12.7 Å². The molecule has 2 atom stereocenters. The first-order chi connectivity index (χ1) is 7.81. The van der Waals surface area contributed by atoms with Crippen molar-refractivity contribution >= 4 is 10.0 Å². The summed E-state index contributed by atoms with van der Waals surface area (Å²) in [6.45, 7) is 6.87. The van der Waals surface area contributed by atoms with E-state index in [-0.39, 0.29) is 22.8 Å². The van der Waals surface area contributed by atoms with Gasteiger partial charge in [-0.05, 0) is 26.2 Å². The fourth-order valence-corrected chi connectivity index (χ4v) is 4.66. The van der Waals surface area contributed by atoms with Crippen molar-refractivity contribution in [2.75, 3.05) is 13.7 Å². The molecule has 0 amide bonds. The Kier molecular flexibility index (Phi) is 3.30. The molecule has 0 aliphatic heterocycles. The monoisotopic (exact) mass is 261 g/mol. The molecule has 0 aromatic rings. The summed E-state index contributed by atoms with van der Waals surface area (Å²) in [6, 6.07) is 0.0876. The van der Waals surface area contributed by atoms with E-state index in [0.717, 1.165) is 19.3 Å². The Morgan fingerprint density at radius 2 is 1.94 bits per heavy atom. The van der Waals surface area contributed by atoms with Crippen LogP contribution in [0, 0.1) is 5.41 Å². The van der Waals surface area contributed by atoms with Gasteiger partial charge in [-0.3, -0.25) is 0 Å². The quantitative estimate of drug-likeness (QED) is 0.755. The van der Waals surface area contributed by atoms with Gasteiger partial charge in [0.05, 0.1) is 11.4 Å². The molecule has 0 aromatic heterocycles. The number of ether oxygens (including phenoxy) is 1. The predicted molar refractivity (Wildman–Crippen MR) is 67.3 cm³/mol. The number of rotatable bonds is 5. The van der Waals surface area contributed by atoms with Gasteiger partial charge in [0.1, 0.15) is 0 Å². The van der Waals surface area contributed by atoms with Crippen LogP contribution in [0.1, 0.15) is 40.0 Å². The zero-order valence-corrected chi connectivity index (χ0v) is 12.0. The van der Waals surface area contributed by atoms with Gasteiger partial charge in [0.15, 0.2) is 0 Å². The Bertz CT molecular complexity index is 387. The van der Waals surface area contributed by atoms with Crippen molar-refractivity contribution < 1.29 is 13.2 Å². The van der Waals surface area contributed by atoms with E-state index in [1.165, 1.54) is 0 Å². The third-order valence-electron chi connectivity index (χ3n) is 4.28. The van der Waals surface area contributed by atoms with Gasteiger partial charge in [0, 0.05) is 25.1 Å². The van der Waals surface area contributed by atoms with E-state index in [4.69, 9.17) is 4.74 Å². The molecule has 0 heterocycles. The summed E-state index contributed by atoms with van der Waals surface area (Å²) >= 11 is 0. The normalized spacial score (nSPS) is 32.5. The molecule has 2 saturated carbocycles. The zero-order valence-electron chi connectivity index (χ0n) is 11.1. The lowest BCUT2D eigenvalue weighted by molar-refractivity contribution is -0.129. The number of hydrogen-bond acceptors (Lipinski definition) is 3. The van der Waals surface area contributed by atoms with Crippen LogP contribution in [0.4, 0.5) is 0 Å². The van der Waals surface area contributed by atoms with Crippen molar-refractivity contribution in [2.45, 2.75) is 57.4 Å². The molecule has 0 unspecified atom stereocenters. The molecule has 0 radical (unpaired) electrons. The zero-order chi connectivity index (χ0) is 12.8. The van der Waals surface area contributed by atoms with Crippen molar-refractivity contribution in [1.82, 2.24) is 4.31 Å². The van der Waals surface area contributed by atoms with E-state index < -0.39 is 10.0 Å². The lowest BCUT2D eigenvalue weighted by atomic mass is 9.64. The van der Waals surface area contributed by atoms with Gasteiger partial charge in [-0.15, -0.1) is 0 Å². The van der Waals surface area contributed by atoms with Gasteiger partial charge < -0.3 is 4.74 Å². The summed E-state index contributed by atoms with van der Waals surface area (Å²) in [6.07, 6.45) is 2.67. The second-order valence-corrected chi connectivity index (χ2v) is 8.05. The minimum absolute atomic E-state index is 0.0767. The van der Waals surface area contributed by atoms with Gasteiger partial charge in [0.2, 0.25) is 10.0 Å². The molecule has 2 aliphatic carbocycles. The summed E-state index contributed by atoms with van der Waals surface area (Å²) in [5.41, 5.74) is -0.0767. The first-order valence-electron chi connectivity index (χ1n) is 6.40. The van der Waals surface area contributed by atoms with Crippen LogP contribution in [0.15, 0.2) is 0 Å². The van der Waals surface area contributed by atoms with E-state index in [1.807, 2.05) is 6.92 Å². The van der Waals surface area contributed by atoms with E-state index in [2.05, 4.69) is 13.8 Å². The lowest BCUT2D eigenvalue weighted by Crippen LogP contribution is -2.62. The number of hydrogen-bond donors (Lipinski definition) is 0. The predicted octanol–water partition coefficient (Wildman–Crippen LogP) is 1.61. The highest BCUT2D eigenvalue weighted by atomic mass is 32.2. The molecule has 0 saturated heterocycles. The molecular formula is C12H23NO3S. The van der Waals surface area contributed by atoms with E-state index in [1.54, 1.807) is 11.4 Å². The Morgan fingerprint density at radius 1 is 1.35 bits per heavy atom. The fourth-order valence-electron chi connectivity index (χ4n) is 2.74. The first-order valence-corrected chi connectivity index (χ1v) is 7.90. The van der Waals surface area contributed by atoms with E-state index in [9.17, 15) is 8.42 Å². The summed E-state index contributed by atoms with van der Waals surface area (Å²) in [5.74, 6) is 0. The SMILES string of the molecule is CCO[C@@H]1C[C@@H](N(C)S(=O)(=O)C2CC2)C1(C)C. The Morgan fingerprint density at radius 3 is 2.35 bits per heavy atom. The maximum absolute atomic E-state index is 12.2. The van der Waals surface area contributed by atoms with Crippen LogP contribution < -0.4 is 0 Å². The smallest absolute Gasteiger partial charge is 0.217 e. The van der Waals surface area contributed by atoms with Gasteiger partial charge in [-0.1, -0.05) is 13.8 Å². The first kappa shape index (κ1) is 13.3. The molecule has 2 aliphatic rings. The van der Waals surface area contributed by atoms with Crippen LogP contribution in [-0.2, 0) is 14.8 Å². The summed E-state index contributed by atoms with van der Waals surface area (Å²) in [5, 5.41) is -0.116. The standard InChI is InChI=1S/C12H23NO3S/c1-5-16-11-8-10(12(11,2)3)13(4)17(14,15)9-6-7-9/h9-11H,5-8H2,1-4H3/t10-,11-/m1/s1. The molecule has 2 rings (SSSR count). The van der Waals surface area contributed by atoms with Crippen molar-refractivity contribution in [1.29, 1.82) is 0 Å². The highest BCUT2D eigenvalue weighted by molar-refractivity contribution is 7.90. The molecule has 0 spiro atoms. The Balaban J connectivity index is 2.05. The largest absolute Gasteiger partial charge is 0.378 e. The maximum atomic E-state index is 12.2. The minimum Gasteiger partial charge on any atom is -0.378 e. The Labute approximate surface area is 104 Å². The van der Waals surface area contributed by atoms with Gasteiger partial charge in [0.25, 0.3) is 0 Å². The number of nitrogens with zero attached hydrogens (tertiary/aromatic N) is 1. The third-order valence-corrected chi connectivity index (χ3v) is 6.65.